The van der Waals surface area contributed by atoms with Gasteiger partial charge in [-0.05, 0) is 18.6 Å². The van der Waals surface area contributed by atoms with E-state index in [1.165, 1.54) is 0 Å². The maximum absolute atomic E-state index is 11.3. The molecule has 1 aromatic rings. The molecule has 0 spiro atoms. The summed E-state index contributed by atoms with van der Waals surface area (Å²) in [6.07, 6.45) is 0.790. The number of hydrogen-bond acceptors (Lipinski definition) is 2. The first-order valence-electron chi connectivity index (χ1n) is 5.29. The molecule has 3 nitrogen and oxygen atoms in total. The molecule has 1 aliphatic heterocycles. The lowest BCUT2D eigenvalue weighted by Gasteiger charge is -2.26. The maximum atomic E-state index is 11.3. The minimum atomic E-state index is -0.139. The number of aryl methyl sites for hydroxylation is 1. The van der Waals surface area contributed by atoms with Gasteiger partial charge in [0.15, 0.2) is 0 Å². The van der Waals surface area contributed by atoms with Crippen molar-refractivity contribution in [3.8, 4) is 5.75 Å². The van der Waals surface area contributed by atoms with Crippen molar-refractivity contribution in [1.29, 1.82) is 0 Å². The number of nitrogens with one attached hydrogen (secondary N) is 1. The predicted molar refractivity (Wildman–Crippen MR) is 62.9 cm³/mol. The van der Waals surface area contributed by atoms with Gasteiger partial charge in [-0.3, -0.25) is 4.79 Å². The molecule has 0 radical (unpaired) electrons. The number of hydrogen-bond donors (Lipinski definition) is 1. The molecule has 0 saturated carbocycles. The zero-order valence-electron chi connectivity index (χ0n) is 9.13. The molecule has 1 aromatic carbocycles. The summed E-state index contributed by atoms with van der Waals surface area (Å²) < 4.78 is 5.57. The van der Waals surface area contributed by atoms with Crippen LogP contribution in [0.3, 0.4) is 0 Å². The molecule has 0 bridgehead atoms. The van der Waals surface area contributed by atoms with Gasteiger partial charge in [0.1, 0.15) is 11.6 Å². The highest BCUT2D eigenvalue weighted by molar-refractivity contribution is 6.27. The molecule has 0 aliphatic carbocycles. The van der Waals surface area contributed by atoms with Crippen LogP contribution in [0.2, 0.25) is 0 Å². The molecule has 86 valence electrons. The van der Waals surface area contributed by atoms with E-state index in [2.05, 4.69) is 5.32 Å². The number of ether oxygens (including phenoxy) is 1. The lowest BCUT2D eigenvalue weighted by Crippen LogP contribution is -2.32. The fraction of sp³-hybridized carbons (Fsp3) is 0.417. The van der Waals surface area contributed by atoms with Crippen LogP contribution in [0.5, 0.6) is 5.75 Å². The Bertz CT molecular complexity index is 406. The number of halogens is 1. The van der Waals surface area contributed by atoms with Crippen LogP contribution >= 0.6 is 11.6 Å². The molecule has 4 heteroatoms. The van der Waals surface area contributed by atoms with Crippen molar-refractivity contribution in [3.05, 3.63) is 29.3 Å². The van der Waals surface area contributed by atoms with E-state index in [1.54, 1.807) is 0 Å². The van der Waals surface area contributed by atoms with Crippen molar-refractivity contribution < 1.29 is 9.53 Å². The quantitative estimate of drug-likeness (QED) is 0.804. The van der Waals surface area contributed by atoms with E-state index >= 15 is 0 Å². The first-order chi connectivity index (χ1) is 7.70. The summed E-state index contributed by atoms with van der Waals surface area (Å²) in [5.41, 5.74) is 2.19. The predicted octanol–water partition coefficient (Wildman–Crippen LogP) is 2.17. The summed E-state index contributed by atoms with van der Waals surface area (Å²) >= 11 is 5.48. The number of alkyl halides is 1. The van der Waals surface area contributed by atoms with E-state index in [9.17, 15) is 4.79 Å². The van der Waals surface area contributed by atoms with Crippen LogP contribution in [-0.2, 0) is 4.79 Å². The number of fused-ring (bicyclic) bond motifs is 1. The Morgan fingerprint density at radius 2 is 2.44 bits per heavy atom. The fourth-order valence-electron chi connectivity index (χ4n) is 1.88. The van der Waals surface area contributed by atoms with Crippen molar-refractivity contribution in [2.75, 3.05) is 12.5 Å². The molecule has 1 amide bonds. The Hall–Kier alpha value is -1.22. The molecular weight excluding hydrogens is 226 g/mol. The Morgan fingerprint density at radius 1 is 1.62 bits per heavy atom. The average molecular weight is 240 g/mol. The number of carbonyl (C=O) groups is 1. The molecule has 1 N–H and O–H groups in total. The summed E-state index contributed by atoms with van der Waals surface area (Å²) in [5.74, 6) is 0.727. The van der Waals surface area contributed by atoms with Gasteiger partial charge in [0.25, 0.3) is 0 Å². The normalized spacial score (nSPS) is 18.5. The standard InChI is InChI=1S/C12H14ClNO2/c1-8-2-3-9-10(14-12(15)7-13)4-5-16-11(9)6-8/h2-3,6,10H,4-5,7H2,1H3,(H,14,15). The first-order valence-corrected chi connectivity index (χ1v) is 5.83. The molecule has 2 rings (SSSR count). The molecule has 1 unspecified atom stereocenters. The van der Waals surface area contributed by atoms with E-state index in [0.717, 1.165) is 23.3 Å². The van der Waals surface area contributed by atoms with Crippen LogP contribution in [0.25, 0.3) is 0 Å². The van der Waals surface area contributed by atoms with Crippen molar-refractivity contribution in [3.63, 3.8) is 0 Å². The van der Waals surface area contributed by atoms with Crippen LogP contribution in [0, 0.1) is 6.92 Å². The van der Waals surface area contributed by atoms with Crippen LogP contribution in [-0.4, -0.2) is 18.4 Å². The molecule has 0 fully saturated rings. The summed E-state index contributed by atoms with van der Waals surface area (Å²) in [4.78, 5) is 11.3. The second kappa shape index (κ2) is 4.74. The molecule has 0 saturated heterocycles. The van der Waals surface area contributed by atoms with Gasteiger partial charge in [-0.1, -0.05) is 12.1 Å². The van der Waals surface area contributed by atoms with Gasteiger partial charge < -0.3 is 10.1 Å². The third kappa shape index (κ3) is 2.30. The summed E-state index contributed by atoms with van der Waals surface area (Å²) in [5, 5.41) is 2.89. The van der Waals surface area contributed by atoms with Crippen LogP contribution in [0.1, 0.15) is 23.6 Å². The minimum Gasteiger partial charge on any atom is -0.493 e. The van der Waals surface area contributed by atoms with E-state index in [-0.39, 0.29) is 17.8 Å². The van der Waals surface area contributed by atoms with Crippen molar-refractivity contribution in [2.45, 2.75) is 19.4 Å². The Morgan fingerprint density at radius 3 is 3.19 bits per heavy atom. The molecule has 0 aromatic heterocycles. The third-order valence-electron chi connectivity index (χ3n) is 2.67. The van der Waals surface area contributed by atoms with E-state index in [0.29, 0.717) is 6.61 Å². The van der Waals surface area contributed by atoms with E-state index < -0.39 is 0 Å². The van der Waals surface area contributed by atoms with Crippen molar-refractivity contribution in [1.82, 2.24) is 5.32 Å². The molecule has 16 heavy (non-hydrogen) atoms. The SMILES string of the molecule is Cc1ccc2c(c1)OCCC2NC(=O)CCl. The highest BCUT2D eigenvalue weighted by Crippen LogP contribution is 2.32. The average Bonchev–Trinajstić information content (AvgIpc) is 2.28. The van der Waals surface area contributed by atoms with Gasteiger partial charge in [-0.2, -0.15) is 0 Å². The summed E-state index contributed by atoms with van der Waals surface area (Å²) in [7, 11) is 0. The van der Waals surface area contributed by atoms with Crippen LogP contribution in [0.15, 0.2) is 18.2 Å². The maximum Gasteiger partial charge on any atom is 0.235 e. The number of rotatable bonds is 2. The summed E-state index contributed by atoms with van der Waals surface area (Å²) in [6.45, 7) is 2.65. The van der Waals surface area contributed by atoms with Gasteiger partial charge in [0.2, 0.25) is 5.91 Å². The number of carbonyl (C=O) groups excluding carboxylic acids is 1. The molecule has 1 aliphatic rings. The summed E-state index contributed by atoms with van der Waals surface area (Å²) in [6, 6.07) is 6.04. The topological polar surface area (TPSA) is 38.3 Å². The molecule has 1 atom stereocenters. The number of amides is 1. The van der Waals surface area contributed by atoms with Crippen LogP contribution in [0.4, 0.5) is 0 Å². The first kappa shape index (κ1) is 11.3. The van der Waals surface area contributed by atoms with Crippen molar-refractivity contribution in [2.24, 2.45) is 0 Å². The highest BCUT2D eigenvalue weighted by Gasteiger charge is 2.22. The lowest BCUT2D eigenvalue weighted by molar-refractivity contribution is -0.119. The van der Waals surface area contributed by atoms with Gasteiger partial charge >= 0.3 is 0 Å². The van der Waals surface area contributed by atoms with Gasteiger partial charge in [-0.25, -0.2) is 0 Å². The Labute approximate surface area is 99.7 Å². The Kier molecular flexibility index (Phi) is 3.34. The zero-order chi connectivity index (χ0) is 11.5. The largest absolute Gasteiger partial charge is 0.493 e. The van der Waals surface area contributed by atoms with Crippen molar-refractivity contribution >= 4 is 17.5 Å². The minimum absolute atomic E-state index is 0.00144. The Balaban J connectivity index is 2.23. The second-order valence-electron chi connectivity index (χ2n) is 3.93. The van der Waals surface area contributed by atoms with E-state index in [4.69, 9.17) is 16.3 Å². The number of benzene rings is 1. The van der Waals surface area contributed by atoms with Gasteiger partial charge in [0, 0.05) is 12.0 Å². The second-order valence-corrected chi connectivity index (χ2v) is 4.20. The zero-order valence-corrected chi connectivity index (χ0v) is 9.88. The van der Waals surface area contributed by atoms with E-state index in [1.807, 2.05) is 25.1 Å². The van der Waals surface area contributed by atoms with Crippen LogP contribution < -0.4 is 10.1 Å². The smallest absolute Gasteiger partial charge is 0.235 e. The third-order valence-corrected chi connectivity index (χ3v) is 2.91. The fourth-order valence-corrected chi connectivity index (χ4v) is 1.96. The molecular formula is C12H14ClNO2. The highest BCUT2D eigenvalue weighted by atomic mass is 35.5. The molecule has 1 heterocycles. The van der Waals surface area contributed by atoms with Gasteiger partial charge in [-0.15, -0.1) is 11.6 Å². The lowest BCUT2D eigenvalue weighted by atomic mass is 9.99. The van der Waals surface area contributed by atoms with Gasteiger partial charge in [0.05, 0.1) is 12.6 Å². The monoisotopic (exact) mass is 239 g/mol.